The summed E-state index contributed by atoms with van der Waals surface area (Å²) in [6.07, 6.45) is 3.66. The van der Waals surface area contributed by atoms with Gasteiger partial charge >= 0.3 is 17.8 Å². The van der Waals surface area contributed by atoms with Crippen molar-refractivity contribution >= 4 is 23.5 Å². The van der Waals surface area contributed by atoms with Crippen LogP contribution < -0.4 is 16.6 Å². The van der Waals surface area contributed by atoms with Crippen molar-refractivity contribution in [3.8, 4) is 0 Å². The van der Waals surface area contributed by atoms with Crippen molar-refractivity contribution in [2.45, 2.75) is 44.6 Å². The summed E-state index contributed by atoms with van der Waals surface area (Å²) >= 11 is 0. The molecular formula is C16H21N3O4. The fourth-order valence-electron chi connectivity index (χ4n) is 2.84. The molecule has 1 saturated carbocycles. The fraction of sp³-hybridized carbons (Fsp3) is 0.438. The highest BCUT2D eigenvalue weighted by molar-refractivity contribution is 6.39. The van der Waals surface area contributed by atoms with Gasteiger partial charge in [0, 0.05) is 12.6 Å². The molecule has 2 rings (SSSR count). The van der Waals surface area contributed by atoms with Gasteiger partial charge in [0.05, 0.1) is 0 Å². The van der Waals surface area contributed by atoms with Crippen LogP contribution in [0.3, 0.4) is 0 Å². The number of rotatable bonds is 3. The first-order valence-corrected chi connectivity index (χ1v) is 7.58. The summed E-state index contributed by atoms with van der Waals surface area (Å²) < 4.78 is 5.24. The Bertz CT molecular complexity index is 577. The van der Waals surface area contributed by atoms with Gasteiger partial charge in [-0.2, -0.15) is 0 Å². The zero-order valence-electron chi connectivity index (χ0n) is 13.0. The van der Waals surface area contributed by atoms with E-state index in [1.54, 1.807) is 17.6 Å². The topological polar surface area (TPSA) is 111 Å². The molecule has 7 nitrogen and oxygen atoms in total. The lowest BCUT2D eigenvalue weighted by molar-refractivity contribution is -0.147. The SMILES string of the molecule is CC(=O)O[C@H]1CC[C@H](c2ccc(NC(=O)C(=O)NN)cc2)CC1. The average molecular weight is 319 g/mol. The number of hydrazine groups is 1. The highest BCUT2D eigenvalue weighted by Gasteiger charge is 2.24. The van der Waals surface area contributed by atoms with Gasteiger partial charge < -0.3 is 10.1 Å². The maximum atomic E-state index is 11.4. The Labute approximate surface area is 134 Å². The van der Waals surface area contributed by atoms with E-state index in [4.69, 9.17) is 10.6 Å². The number of carbonyl (C=O) groups is 3. The lowest BCUT2D eigenvalue weighted by Crippen LogP contribution is -2.39. The summed E-state index contributed by atoms with van der Waals surface area (Å²) in [6.45, 7) is 1.43. The third-order valence-corrected chi connectivity index (χ3v) is 3.98. The maximum absolute atomic E-state index is 11.4. The van der Waals surface area contributed by atoms with Crippen molar-refractivity contribution in [2.24, 2.45) is 5.84 Å². The second-order valence-corrected chi connectivity index (χ2v) is 5.63. The van der Waals surface area contributed by atoms with Gasteiger partial charge in [0.15, 0.2) is 0 Å². The van der Waals surface area contributed by atoms with Crippen molar-refractivity contribution in [1.82, 2.24) is 5.43 Å². The van der Waals surface area contributed by atoms with Crippen LogP contribution in [0.5, 0.6) is 0 Å². The molecule has 0 aliphatic heterocycles. The van der Waals surface area contributed by atoms with Crippen molar-refractivity contribution in [3.05, 3.63) is 29.8 Å². The average Bonchev–Trinajstić information content (AvgIpc) is 2.55. The first-order chi connectivity index (χ1) is 11.0. The van der Waals surface area contributed by atoms with Crippen LogP contribution in [0.15, 0.2) is 24.3 Å². The summed E-state index contributed by atoms with van der Waals surface area (Å²) in [5.74, 6) is 3.39. The molecule has 1 aromatic carbocycles. The standard InChI is InChI=1S/C16H21N3O4/c1-10(20)23-14-8-4-12(5-9-14)11-2-6-13(7-3-11)18-15(21)16(22)19-17/h2-3,6-7,12,14H,4-5,8-9,17H2,1H3,(H,18,21)(H,19,22)/t12-,14-. The second kappa shape index (κ2) is 7.73. The van der Waals surface area contributed by atoms with Gasteiger partial charge in [-0.3, -0.25) is 19.8 Å². The van der Waals surface area contributed by atoms with Crippen molar-refractivity contribution in [1.29, 1.82) is 0 Å². The van der Waals surface area contributed by atoms with Gasteiger partial charge in [-0.1, -0.05) is 12.1 Å². The summed E-state index contributed by atoms with van der Waals surface area (Å²) in [7, 11) is 0. The Morgan fingerprint density at radius 2 is 1.65 bits per heavy atom. The molecule has 0 atom stereocenters. The Hall–Kier alpha value is -2.41. The van der Waals surface area contributed by atoms with Gasteiger partial charge in [-0.15, -0.1) is 0 Å². The van der Waals surface area contributed by atoms with Gasteiger partial charge in [0.25, 0.3) is 0 Å². The minimum atomic E-state index is -0.891. The molecule has 1 fully saturated rings. The molecule has 0 radical (unpaired) electrons. The normalized spacial score (nSPS) is 20.4. The molecule has 0 bridgehead atoms. The number of esters is 1. The van der Waals surface area contributed by atoms with E-state index in [1.165, 1.54) is 12.5 Å². The molecule has 0 heterocycles. The number of nitrogens with two attached hydrogens (primary N) is 1. The molecule has 4 N–H and O–H groups in total. The predicted molar refractivity (Wildman–Crippen MR) is 84.2 cm³/mol. The van der Waals surface area contributed by atoms with Crippen LogP contribution in [-0.2, 0) is 19.1 Å². The Balaban J connectivity index is 1.89. The minimum absolute atomic E-state index is 0.0251. The summed E-state index contributed by atoms with van der Waals surface area (Å²) in [6, 6.07) is 7.39. The van der Waals surface area contributed by atoms with E-state index in [0.29, 0.717) is 11.6 Å². The summed E-state index contributed by atoms with van der Waals surface area (Å²) in [4.78, 5) is 33.4. The number of carbonyl (C=O) groups excluding carboxylic acids is 3. The Morgan fingerprint density at radius 3 is 2.17 bits per heavy atom. The molecule has 1 aliphatic carbocycles. The van der Waals surface area contributed by atoms with Crippen LogP contribution in [0.1, 0.15) is 44.1 Å². The molecular weight excluding hydrogens is 298 g/mol. The van der Waals surface area contributed by atoms with Gasteiger partial charge in [-0.25, -0.2) is 5.84 Å². The minimum Gasteiger partial charge on any atom is -0.463 e. The molecule has 0 saturated heterocycles. The van der Waals surface area contributed by atoms with Crippen LogP contribution >= 0.6 is 0 Å². The predicted octanol–water partition coefficient (Wildman–Crippen LogP) is 1.20. The van der Waals surface area contributed by atoms with E-state index >= 15 is 0 Å². The molecule has 2 amide bonds. The fourth-order valence-corrected chi connectivity index (χ4v) is 2.84. The van der Waals surface area contributed by atoms with Crippen LogP contribution in [0.25, 0.3) is 0 Å². The molecule has 0 spiro atoms. The van der Waals surface area contributed by atoms with E-state index < -0.39 is 11.8 Å². The number of nitrogens with one attached hydrogen (secondary N) is 2. The van der Waals surface area contributed by atoms with Gasteiger partial charge in [0.1, 0.15) is 6.10 Å². The molecule has 7 heteroatoms. The summed E-state index contributed by atoms with van der Waals surface area (Å²) in [5, 5.41) is 2.46. The van der Waals surface area contributed by atoms with Crippen LogP contribution in [0.2, 0.25) is 0 Å². The molecule has 0 aromatic heterocycles. The molecule has 23 heavy (non-hydrogen) atoms. The number of anilines is 1. The quantitative estimate of drug-likeness (QED) is 0.255. The first kappa shape index (κ1) is 17.0. The van der Waals surface area contributed by atoms with E-state index in [0.717, 1.165) is 25.7 Å². The number of hydrogen-bond acceptors (Lipinski definition) is 5. The van der Waals surface area contributed by atoms with Crippen molar-refractivity contribution in [3.63, 3.8) is 0 Å². The third-order valence-electron chi connectivity index (χ3n) is 3.98. The zero-order valence-corrected chi connectivity index (χ0v) is 13.0. The van der Waals surface area contributed by atoms with Crippen LogP contribution in [-0.4, -0.2) is 23.9 Å². The van der Waals surface area contributed by atoms with Crippen LogP contribution in [0.4, 0.5) is 5.69 Å². The highest BCUT2D eigenvalue weighted by atomic mass is 16.5. The number of ether oxygens (including phenoxy) is 1. The monoisotopic (exact) mass is 319 g/mol. The van der Waals surface area contributed by atoms with Gasteiger partial charge in [0.2, 0.25) is 0 Å². The smallest absolute Gasteiger partial charge is 0.323 e. The number of amides is 2. The molecule has 1 aromatic rings. The van der Waals surface area contributed by atoms with Crippen molar-refractivity contribution < 1.29 is 19.1 Å². The first-order valence-electron chi connectivity index (χ1n) is 7.58. The lowest BCUT2D eigenvalue weighted by Gasteiger charge is -2.28. The van der Waals surface area contributed by atoms with E-state index in [9.17, 15) is 14.4 Å². The lowest BCUT2D eigenvalue weighted by atomic mass is 9.82. The molecule has 1 aliphatic rings. The highest BCUT2D eigenvalue weighted by Crippen LogP contribution is 2.34. The number of benzene rings is 1. The second-order valence-electron chi connectivity index (χ2n) is 5.63. The zero-order chi connectivity index (χ0) is 16.8. The van der Waals surface area contributed by atoms with Crippen LogP contribution in [0, 0.1) is 0 Å². The van der Waals surface area contributed by atoms with E-state index in [1.807, 2.05) is 12.1 Å². The van der Waals surface area contributed by atoms with E-state index in [2.05, 4.69) is 5.32 Å². The molecule has 124 valence electrons. The Kier molecular flexibility index (Phi) is 5.70. The Morgan fingerprint density at radius 1 is 1.04 bits per heavy atom. The summed E-state index contributed by atoms with van der Waals surface area (Å²) in [5.41, 5.74) is 3.49. The van der Waals surface area contributed by atoms with Crippen molar-refractivity contribution in [2.75, 3.05) is 5.32 Å². The molecule has 0 unspecified atom stereocenters. The largest absolute Gasteiger partial charge is 0.463 e. The number of hydrogen-bond donors (Lipinski definition) is 3. The maximum Gasteiger partial charge on any atom is 0.323 e. The third kappa shape index (κ3) is 4.79. The van der Waals surface area contributed by atoms with E-state index in [-0.39, 0.29) is 12.1 Å². The van der Waals surface area contributed by atoms with Gasteiger partial charge in [-0.05, 0) is 49.3 Å².